The van der Waals surface area contributed by atoms with Crippen LogP contribution in [-0.2, 0) is 11.8 Å². The van der Waals surface area contributed by atoms with E-state index in [-0.39, 0.29) is 0 Å². The Morgan fingerprint density at radius 1 is 1.24 bits per heavy atom. The standard InChI is InChI=1S/C16H21N/c1-2-6-14-13(4-1)5-3-9-16(14)10-15(16)17-11-12-7-8-12/h1-2,4,6,12,15,17H,3,5,7-11H2. The van der Waals surface area contributed by atoms with Crippen LogP contribution in [0.5, 0.6) is 0 Å². The SMILES string of the molecule is c1ccc2c(c1)CCCC21CC1NCC1CC1. The molecular formula is C16H21N. The van der Waals surface area contributed by atoms with Crippen molar-refractivity contribution in [3.8, 4) is 0 Å². The molecule has 0 aromatic heterocycles. The Hall–Kier alpha value is -0.820. The third-order valence-corrected chi connectivity index (χ3v) is 5.05. The van der Waals surface area contributed by atoms with E-state index in [0.29, 0.717) is 5.41 Å². The molecule has 1 heteroatoms. The monoisotopic (exact) mass is 227 g/mol. The second kappa shape index (κ2) is 3.58. The first-order chi connectivity index (χ1) is 8.38. The van der Waals surface area contributed by atoms with Crippen molar-refractivity contribution in [2.45, 2.75) is 50.0 Å². The van der Waals surface area contributed by atoms with E-state index in [0.717, 1.165) is 12.0 Å². The highest BCUT2D eigenvalue weighted by Crippen LogP contribution is 2.55. The lowest BCUT2D eigenvalue weighted by molar-refractivity contribution is 0.487. The highest BCUT2D eigenvalue weighted by Gasteiger charge is 2.56. The van der Waals surface area contributed by atoms with E-state index in [1.807, 2.05) is 0 Å². The van der Waals surface area contributed by atoms with Crippen molar-refractivity contribution in [3.05, 3.63) is 35.4 Å². The van der Waals surface area contributed by atoms with Crippen LogP contribution >= 0.6 is 0 Å². The largest absolute Gasteiger partial charge is 0.313 e. The van der Waals surface area contributed by atoms with Crippen molar-refractivity contribution in [1.82, 2.24) is 5.32 Å². The maximum atomic E-state index is 3.82. The van der Waals surface area contributed by atoms with Crippen LogP contribution in [0.1, 0.15) is 43.2 Å². The molecule has 0 aliphatic heterocycles. The van der Waals surface area contributed by atoms with E-state index >= 15 is 0 Å². The average molecular weight is 227 g/mol. The lowest BCUT2D eigenvalue weighted by Crippen LogP contribution is -2.29. The molecule has 0 amide bonds. The van der Waals surface area contributed by atoms with Crippen LogP contribution in [0.4, 0.5) is 0 Å². The van der Waals surface area contributed by atoms with Gasteiger partial charge in [-0.2, -0.15) is 0 Å². The van der Waals surface area contributed by atoms with Gasteiger partial charge < -0.3 is 5.32 Å². The highest BCUT2D eigenvalue weighted by molar-refractivity contribution is 5.44. The first-order valence-electron chi connectivity index (χ1n) is 7.20. The zero-order chi connectivity index (χ0) is 11.3. The summed E-state index contributed by atoms with van der Waals surface area (Å²) in [5, 5.41) is 3.82. The molecule has 17 heavy (non-hydrogen) atoms. The van der Waals surface area contributed by atoms with Crippen LogP contribution in [0.15, 0.2) is 24.3 Å². The van der Waals surface area contributed by atoms with Gasteiger partial charge in [-0.1, -0.05) is 24.3 Å². The zero-order valence-corrected chi connectivity index (χ0v) is 10.4. The smallest absolute Gasteiger partial charge is 0.0174 e. The molecule has 1 N–H and O–H groups in total. The predicted octanol–water partition coefficient (Wildman–Crippen LogP) is 3.03. The summed E-state index contributed by atoms with van der Waals surface area (Å²) >= 11 is 0. The minimum Gasteiger partial charge on any atom is -0.313 e. The average Bonchev–Trinajstić information content (AvgIpc) is 3.24. The van der Waals surface area contributed by atoms with Gasteiger partial charge in [0.15, 0.2) is 0 Å². The second-order valence-electron chi connectivity index (χ2n) is 6.28. The molecule has 2 fully saturated rings. The number of hydrogen-bond donors (Lipinski definition) is 1. The Morgan fingerprint density at radius 3 is 3.00 bits per heavy atom. The molecule has 4 rings (SSSR count). The molecule has 2 saturated carbocycles. The molecule has 3 aliphatic rings. The van der Waals surface area contributed by atoms with Gasteiger partial charge in [-0.05, 0) is 62.1 Å². The quantitative estimate of drug-likeness (QED) is 0.837. The van der Waals surface area contributed by atoms with Gasteiger partial charge in [0.05, 0.1) is 0 Å². The normalized spacial score (nSPS) is 34.7. The minimum atomic E-state index is 0.531. The van der Waals surface area contributed by atoms with Gasteiger partial charge in [0, 0.05) is 11.5 Å². The van der Waals surface area contributed by atoms with Gasteiger partial charge in [0.2, 0.25) is 0 Å². The fourth-order valence-corrected chi connectivity index (χ4v) is 3.73. The van der Waals surface area contributed by atoms with Crippen molar-refractivity contribution in [2.75, 3.05) is 6.54 Å². The third-order valence-electron chi connectivity index (χ3n) is 5.05. The summed E-state index contributed by atoms with van der Waals surface area (Å²) < 4.78 is 0. The van der Waals surface area contributed by atoms with Crippen LogP contribution in [0.2, 0.25) is 0 Å². The number of nitrogens with one attached hydrogen (secondary N) is 1. The van der Waals surface area contributed by atoms with Gasteiger partial charge in [-0.25, -0.2) is 0 Å². The summed E-state index contributed by atoms with van der Waals surface area (Å²) in [7, 11) is 0. The van der Waals surface area contributed by atoms with Crippen LogP contribution < -0.4 is 5.32 Å². The first-order valence-corrected chi connectivity index (χ1v) is 7.20. The Morgan fingerprint density at radius 2 is 2.12 bits per heavy atom. The maximum Gasteiger partial charge on any atom is 0.0174 e. The van der Waals surface area contributed by atoms with Crippen molar-refractivity contribution in [2.24, 2.45) is 5.92 Å². The molecular weight excluding hydrogens is 206 g/mol. The van der Waals surface area contributed by atoms with Gasteiger partial charge in [-0.15, -0.1) is 0 Å². The van der Waals surface area contributed by atoms with E-state index in [9.17, 15) is 0 Å². The molecule has 0 heterocycles. The van der Waals surface area contributed by atoms with Crippen LogP contribution in [0, 0.1) is 5.92 Å². The molecule has 90 valence electrons. The van der Waals surface area contributed by atoms with E-state index in [2.05, 4.69) is 29.6 Å². The molecule has 1 nitrogen and oxygen atoms in total. The van der Waals surface area contributed by atoms with Crippen molar-refractivity contribution < 1.29 is 0 Å². The lowest BCUT2D eigenvalue weighted by Gasteiger charge is -2.26. The maximum absolute atomic E-state index is 3.82. The number of fused-ring (bicyclic) bond motifs is 2. The lowest BCUT2D eigenvalue weighted by atomic mass is 9.79. The number of benzene rings is 1. The van der Waals surface area contributed by atoms with E-state index in [1.54, 1.807) is 11.1 Å². The first kappa shape index (κ1) is 10.1. The zero-order valence-electron chi connectivity index (χ0n) is 10.4. The second-order valence-corrected chi connectivity index (χ2v) is 6.28. The molecule has 1 aromatic carbocycles. The minimum absolute atomic E-state index is 0.531. The van der Waals surface area contributed by atoms with Gasteiger partial charge >= 0.3 is 0 Å². The number of rotatable bonds is 3. The summed E-state index contributed by atoms with van der Waals surface area (Å²) in [6.45, 7) is 1.27. The highest BCUT2D eigenvalue weighted by atomic mass is 15.0. The predicted molar refractivity (Wildman–Crippen MR) is 70.2 cm³/mol. The molecule has 0 radical (unpaired) electrons. The van der Waals surface area contributed by atoms with Crippen LogP contribution in [0.3, 0.4) is 0 Å². The molecule has 0 bridgehead atoms. The van der Waals surface area contributed by atoms with Crippen molar-refractivity contribution in [1.29, 1.82) is 0 Å². The molecule has 2 unspecified atom stereocenters. The van der Waals surface area contributed by atoms with Gasteiger partial charge in [0.1, 0.15) is 0 Å². The van der Waals surface area contributed by atoms with Crippen molar-refractivity contribution >= 4 is 0 Å². The molecule has 3 aliphatic carbocycles. The van der Waals surface area contributed by atoms with Crippen LogP contribution in [-0.4, -0.2) is 12.6 Å². The Balaban J connectivity index is 1.55. The summed E-state index contributed by atoms with van der Waals surface area (Å²) in [6.07, 6.45) is 8.40. The molecule has 1 spiro atoms. The van der Waals surface area contributed by atoms with E-state index in [4.69, 9.17) is 0 Å². The molecule has 1 aromatic rings. The van der Waals surface area contributed by atoms with E-state index in [1.165, 1.54) is 45.1 Å². The van der Waals surface area contributed by atoms with Gasteiger partial charge in [-0.3, -0.25) is 0 Å². The summed E-state index contributed by atoms with van der Waals surface area (Å²) in [6, 6.07) is 9.93. The Bertz CT molecular complexity index is 435. The summed E-state index contributed by atoms with van der Waals surface area (Å²) in [5.41, 5.74) is 3.82. The fourth-order valence-electron chi connectivity index (χ4n) is 3.73. The van der Waals surface area contributed by atoms with Crippen LogP contribution in [0.25, 0.3) is 0 Å². The third kappa shape index (κ3) is 1.63. The van der Waals surface area contributed by atoms with Gasteiger partial charge in [0.25, 0.3) is 0 Å². The molecule has 2 atom stereocenters. The summed E-state index contributed by atoms with van der Waals surface area (Å²) in [5.74, 6) is 1.01. The summed E-state index contributed by atoms with van der Waals surface area (Å²) in [4.78, 5) is 0. The fraction of sp³-hybridized carbons (Fsp3) is 0.625. The molecule has 0 saturated heterocycles. The Kier molecular flexibility index (Phi) is 2.14. The number of hydrogen-bond acceptors (Lipinski definition) is 1. The topological polar surface area (TPSA) is 12.0 Å². The van der Waals surface area contributed by atoms with E-state index < -0.39 is 0 Å². The van der Waals surface area contributed by atoms with Crippen molar-refractivity contribution in [3.63, 3.8) is 0 Å². The number of aryl methyl sites for hydroxylation is 1. The Labute approximate surface area is 104 Å².